The molecule has 3 rings (SSSR count). The molecule has 3 unspecified atom stereocenters. The predicted octanol–water partition coefficient (Wildman–Crippen LogP) is 2.17. The van der Waals surface area contributed by atoms with E-state index in [1.54, 1.807) is 12.4 Å². The van der Waals surface area contributed by atoms with Crippen LogP contribution in [0.4, 0.5) is 0 Å². The van der Waals surface area contributed by atoms with Crippen molar-refractivity contribution in [3.8, 4) is 11.8 Å². The van der Waals surface area contributed by atoms with E-state index in [1.165, 1.54) is 24.3 Å². The normalized spacial score (nSPS) is 18.7. The predicted molar refractivity (Wildman–Crippen MR) is 129 cm³/mol. The van der Waals surface area contributed by atoms with Crippen LogP contribution in [0, 0.1) is 23.2 Å². The summed E-state index contributed by atoms with van der Waals surface area (Å²) in [5, 5.41) is 11.3. The Morgan fingerprint density at radius 3 is 2.49 bits per heavy atom. The van der Waals surface area contributed by atoms with Gasteiger partial charge >= 0.3 is 0 Å². The Labute approximate surface area is 205 Å². The van der Waals surface area contributed by atoms with E-state index in [0.717, 1.165) is 18.4 Å². The lowest BCUT2D eigenvalue weighted by Crippen LogP contribution is -2.39. The number of sulfone groups is 1. The van der Waals surface area contributed by atoms with Gasteiger partial charge in [-0.1, -0.05) is 12.8 Å². The van der Waals surface area contributed by atoms with Crippen LogP contribution in [0.25, 0.3) is 0 Å². The molecule has 1 aliphatic carbocycles. The SMILES string of the molecule is N#CCNC(=O)C1CCCCC1CS(=O)(=O)c1ccc(OC(CCc2ccncc2)C(N)=O)cc1. The second kappa shape index (κ2) is 12.3. The van der Waals surface area contributed by atoms with Gasteiger partial charge in [0.15, 0.2) is 15.9 Å². The molecule has 0 bridgehead atoms. The number of pyridine rings is 1. The van der Waals surface area contributed by atoms with Crippen LogP contribution in [0.2, 0.25) is 0 Å². The number of hydrogen-bond donors (Lipinski definition) is 2. The first-order chi connectivity index (χ1) is 16.8. The Bertz CT molecular complexity index is 1150. The molecule has 1 aliphatic rings. The molecule has 3 atom stereocenters. The molecule has 0 aliphatic heterocycles. The summed E-state index contributed by atoms with van der Waals surface area (Å²) in [5.41, 5.74) is 6.50. The smallest absolute Gasteiger partial charge is 0.258 e. The van der Waals surface area contributed by atoms with Crippen molar-refractivity contribution in [3.63, 3.8) is 0 Å². The fourth-order valence-electron chi connectivity index (χ4n) is 4.38. The van der Waals surface area contributed by atoms with Gasteiger partial charge in [-0.05, 0) is 73.6 Å². The maximum Gasteiger partial charge on any atom is 0.258 e. The number of nitriles is 1. The number of ether oxygens (including phenoxy) is 1. The van der Waals surface area contributed by atoms with Crippen molar-refractivity contribution in [1.82, 2.24) is 10.3 Å². The maximum absolute atomic E-state index is 13.1. The van der Waals surface area contributed by atoms with E-state index in [0.29, 0.717) is 31.4 Å². The van der Waals surface area contributed by atoms with Gasteiger partial charge in [0.25, 0.3) is 5.91 Å². The van der Waals surface area contributed by atoms with E-state index in [-0.39, 0.29) is 29.0 Å². The molecule has 2 aromatic rings. The summed E-state index contributed by atoms with van der Waals surface area (Å²) in [4.78, 5) is 28.4. The largest absolute Gasteiger partial charge is 0.481 e. The number of rotatable bonds is 11. The highest BCUT2D eigenvalue weighted by atomic mass is 32.2. The van der Waals surface area contributed by atoms with Crippen LogP contribution < -0.4 is 15.8 Å². The van der Waals surface area contributed by atoms with Gasteiger partial charge in [0.2, 0.25) is 5.91 Å². The van der Waals surface area contributed by atoms with Gasteiger partial charge in [0, 0.05) is 18.3 Å². The van der Waals surface area contributed by atoms with Gasteiger partial charge in [-0.15, -0.1) is 0 Å². The van der Waals surface area contributed by atoms with Crippen molar-refractivity contribution in [1.29, 1.82) is 5.26 Å². The summed E-state index contributed by atoms with van der Waals surface area (Å²) < 4.78 is 31.9. The lowest BCUT2D eigenvalue weighted by molar-refractivity contribution is -0.127. The molecule has 1 heterocycles. The van der Waals surface area contributed by atoms with E-state index in [1.807, 2.05) is 18.2 Å². The quantitative estimate of drug-likeness (QED) is 0.450. The number of hydrogen-bond acceptors (Lipinski definition) is 7. The maximum atomic E-state index is 13.1. The number of aromatic nitrogens is 1. The minimum atomic E-state index is -3.65. The van der Waals surface area contributed by atoms with Crippen molar-refractivity contribution in [3.05, 3.63) is 54.4 Å². The Balaban J connectivity index is 1.64. The summed E-state index contributed by atoms with van der Waals surface area (Å²) in [6.07, 6.45) is 6.40. The number of primary amides is 1. The third-order valence-corrected chi connectivity index (χ3v) is 8.10. The molecular formula is C25H30N4O5S. The molecule has 3 N–H and O–H groups in total. The second-order valence-electron chi connectivity index (χ2n) is 8.68. The van der Waals surface area contributed by atoms with E-state index < -0.39 is 27.8 Å². The fourth-order valence-corrected chi connectivity index (χ4v) is 6.09. The monoisotopic (exact) mass is 498 g/mol. The minimum absolute atomic E-state index is 0.0921. The van der Waals surface area contributed by atoms with Crippen LogP contribution >= 0.6 is 0 Å². The van der Waals surface area contributed by atoms with Crippen LogP contribution in [-0.2, 0) is 25.8 Å². The molecule has 1 aromatic heterocycles. The average molecular weight is 499 g/mol. The summed E-state index contributed by atoms with van der Waals surface area (Å²) in [6.45, 7) is -0.0921. The summed E-state index contributed by atoms with van der Waals surface area (Å²) >= 11 is 0. The zero-order chi connectivity index (χ0) is 25.3. The lowest BCUT2D eigenvalue weighted by atomic mass is 9.80. The Kier molecular flexibility index (Phi) is 9.20. The number of nitrogens with two attached hydrogens (primary N) is 1. The number of aryl methyl sites for hydroxylation is 1. The number of carbonyl (C=O) groups excluding carboxylic acids is 2. The summed E-state index contributed by atoms with van der Waals surface area (Å²) in [7, 11) is -3.65. The Morgan fingerprint density at radius 2 is 1.83 bits per heavy atom. The highest BCUT2D eigenvalue weighted by molar-refractivity contribution is 7.91. The number of carbonyl (C=O) groups is 2. The van der Waals surface area contributed by atoms with Crippen molar-refractivity contribution < 1.29 is 22.7 Å². The van der Waals surface area contributed by atoms with Gasteiger partial charge in [-0.2, -0.15) is 5.26 Å². The Morgan fingerprint density at radius 1 is 1.14 bits per heavy atom. The molecule has 0 radical (unpaired) electrons. The Hall–Kier alpha value is -3.45. The van der Waals surface area contributed by atoms with Gasteiger partial charge in [0.05, 0.1) is 16.7 Å². The first kappa shape index (κ1) is 26.2. The molecule has 0 spiro atoms. The second-order valence-corrected chi connectivity index (χ2v) is 10.7. The number of benzene rings is 1. The summed E-state index contributed by atoms with van der Waals surface area (Å²) in [5.74, 6) is -1.41. The van der Waals surface area contributed by atoms with E-state index in [9.17, 15) is 18.0 Å². The number of amides is 2. The average Bonchev–Trinajstić information content (AvgIpc) is 2.86. The van der Waals surface area contributed by atoms with Crippen molar-refractivity contribution in [2.45, 2.75) is 49.5 Å². The van der Waals surface area contributed by atoms with Crippen LogP contribution in [0.1, 0.15) is 37.7 Å². The molecule has 1 fully saturated rings. The first-order valence-corrected chi connectivity index (χ1v) is 13.3. The lowest BCUT2D eigenvalue weighted by Gasteiger charge is -2.30. The van der Waals surface area contributed by atoms with Crippen molar-refractivity contribution in [2.24, 2.45) is 17.6 Å². The molecule has 2 amide bonds. The van der Waals surface area contributed by atoms with Crippen molar-refractivity contribution in [2.75, 3.05) is 12.3 Å². The number of nitrogens with one attached hydrogen (secondary N) is 1. The molecular weight excluding hydrogens is 468 g/mol. The number of nitrogens with zero attached hydrogens (tertiary/aromatic N) is 2. The third-order valence-electron chi connectivity index (χ3n) is 6.24. The minimum Gasteiger partial charge on any atom is -0.481 e. The van der Waals surface area contributed by atoms with Gasteiger partial charge in [-0.3, -0.25) is 14.6 Å². The van der Waals surface area contributed by atoms with Crippen LogP contribution in [-0.4, -0.2) is 43.6 Å². The van der Waals surface area contributed by atoms with E-state index in [4.69, 9.17) is 15.7 Å². The zero-order valence-electron chi connectivity index (χ0n) is 19.4. The van der Waals surface area contributed by atoms with Crippen LogP contribution in [0.15, 0.2) is 53.7 Å². The fraction of sp³-hybridized carbons (Fsp3) is 0.440. The van der Waals surface area contributed by atoms with Gasteiger partial charge in [0.1, 0.15) is 12.3 Å². The first-order valence-electron chi connectivity index (χ1n) is 11.6. The van der Waals surface area contributed by atoms with Crippen LogP contribution in [0.5, 0.6) is 5.75 Å². The molecule has 1 saturated carbocycles. The standard InChI is InChI=1S/C25H30N4O5S/c26-13-16-29-25(31)22-4-2-1-3-19(22)17-35(32,33)21-8-6-20(7-9-21)34-23(24(27)30)10-5-18-11-14-28-15-12-18/h6-9,11-12,14-15,19,22-23H,1-5,10,16-17H2,(H2,27,30)(H,29,31). The van der Waals surface area contributed by atoms with E-state index in [2.05, 4.69) is 10.3 Å². The highest BCUT2D eigenvalue weighted by Crippen LogP contribution is 2.33. The molecule has 1 aromatic carbocycles. The third kappa shape index (κ3) is 7.52. The molecule has 10 heteroatoms. The summed E-state index contributed by atoms with van der Waals surface area (Å²) in [6, 6.07) is 11.5. The topological polar surface area (TPSA) is 152 Å². The molecule has 35 heavy (non-hydrogen) atoms. The van der Waals surface area contributed by atoms with E-state index >= 15 is 0 Å². The highest BCUT2D eigenvalue weighted by Gasteiger charge is 2.34. The molecule has 186 valence electrons. The zero-order valence-corrected chi connectivity index (χ0v) is 20.2. The molecule has 9 nitrogen and oxygen atoms in total. The molecule has 0 saturated heterocycles. The van der Waals surface area contributed by atoms with Crippen molar-refractivity contribution >= 4 is 21.7 Å². The van der Waals surface area contributed by atoms with Gasteiger partial charge in [-0.25, -0.2) is 8.42 Å². The van der Waals surface area contributed by atoms with Gasteiger partial charge < -0.3 is 15.8 Å². The van der Waals surface area contributed by atoms with Crippen LogP contribution in [0.3, 0.4) is 0 Å².